The van der Waals surface area contributed by atoms with Gasteiger partial charge < -0.3 is 10.1 Å². The van der Waals surface area contributed by atoms with Gasteiger partial charge in [-0.25, -0.2) is 0 Å². The molecule has 0 spiro atoms. The number of allylic oxidation sites excluding steroid dienone is 2. The lowest BCUT2D eigenvalue weighted by Crippen LogP contribution is -2.25. The maximum atomic E-state index is 11.2. The van der Waals surface area contributed by atoms with Gasteiger partial charge in [0.25, 0.3) is 5.91 Å². The lowest BCUT2D eigenvalue weighted by atomic mass is 10.1. The maximum absolute atomic E-state index is 11.2. The predicted octanol–water partition coefficient (Wildman–Crippen LogP) is 2.24. The Labute approximate surface area is 101 Å². The van der Waals surface area contributed by atoms with Crippen LogP contribution in [-0.4, -0.2) is 19.6 Å². The van der Waals surface area contributed by atoms with Crippen molar-refractivity contribution in [2.75, 3.05) is 13.7 Å². The molecule has 0 heterocycles. The first-order valence-electron chi connectivity index (χ1n) is 5.61. The van der Waals surface area contributed by atoms with Crippen LogP contribution in [-0.2, 0) is 4.79 Å². The van der Waals surface area contributed by atoms with Crippen molar-refractivity contribution >= 4 is 18.1 Å². The van der Waals surface area contributed by atoms with Gasteiger partial charge in [0.05, 0.1) is 0 Å². The van der Waals surface area contributed by atoms with Gasteiger partial charge in [0.2, 0.25) is 0 Å². The fourth-order valence-electron chi connectivity index (χ4n) is 1.69. The lowest BCUT2D eigenvalue weighted by Gasteiger charge is -2.10. The van der Waals surface area contributed by atoms with Crippen LogP contribution in [0.4, 0.5) is 0 Å². The summed E-state index contributed by atoms with van der Waals surface area (Å²) in [5, 5.41) is 2.53. The van der Waals surface area contributed by atoms with E-state index in [1.54, 1.807) is 7.05 Å². The number of nitrogens with one attached hydrogen (secondary N) is 1. The van der Waals surface area contributed by atoms with E-state index in [1.165, 1.54) is 0 Å². The fourth-order valence-corrected chi connectivity index (χ4v) is 1.69. The zero-order chi connectivity index (χ0) is 12.1. The summed E-state index contributed by atoms with van der Waals surface area (Å²) in [6, 6.07) is 5.85. The molecule has 88 valence electrons. The van der Waals surface area contributed by atoms with Gasteiger partial charge in [-0.15, -0.1) is 0 Å². The topological polar surface area (TPSA) is 38.3 Å². The molecule has 0 atom stereocenters. The summed E-state index contributed by atoms with van der Waals surface area (Å²) in [6.07, 6.45) is 9.21. The number of amides is 1. The van der Waals surface area contributed by atoms with E-state index in [4.69, 9.17) is 4.74 Å². The first-order valence-corrected chi connectivity index (χ1v) is 5.61. The van der Waals surface area contributed by atoms with Crippen LogP contribution in [0.2, 0.25) is 0 Å². The van der Waals surface area contributed by atoms with E-state index in [0.717, 1.165) is 23.3 Å². The smallest absolute Gasteiger partial charge is 0.257 e. The second-order valence-corrected chi connectivity index (χ2v) is 3.76. The van der Waals surface area contributed by atoms with Gasteiger partial charge in [-0.2, -0.15) is 0 Å². The number of hydrogen-bond donors (Lipinski definition) is 1. The molecule has 2 rings (SSSR count). The first kappa shape index (κ1) is 11.5. The number of carbonyl (C=O) groups excluding carboxylic acids is 1. The van der Waals surface area contributed by atoms with Gasteiger partial charge in [-0.3, -0.25) is 4.79 Å². The van der Waals surface area contributed by atoms with Crippen LogP contribution in [0, 0.1) is 0 Å². The Hall–Kier alpha value is -2.03. The molecule has 0 saturated carbocycles. The van der Waals surface area contributed by atoms with E-state index in [1.807, 2.05) is 24.3 Å². The first-order chi connectivity index (χ1) is 8.31. The minimum absolute atomic E-state index is 0.0461. The molecule has 1 aromatic carbocycles. The molecule has 3 heteroatoms. The summed E-state index contributed by atoms with van der Waals surface area (Å²) >= 11 is 0. The number of carbonyl (C=O) groups is 1. The Kier molecular flexibility index (Phi) is 3.60. The molecular weight excluding hydrogens is 214 g/mol. The molecule has 3 nitrogen and oxygen atoms in total. The van der Waals surface area contributed by atoms with Crippen molar-refractivity contribution in [2.24, 2.45) is 0 Å². The van der Waals surface area contributed by atoms with E-state index in [-0.39, 0.29) is 12.5 Å². The third kappa shape index (κ3) is 2.75. The minimum atomic E-state index is -0.129. The van der Waals surface area contributed by atoms with Gasteiger partial charge >= 0.3 is 0 Å². The summed E-state index contributed by atoms with van der Waals surface area (Å²) in [7, 11) is 1.60. The quantitative estimate of drug-likeness (QED) is 0.863. The van der Waals surface area contributed by atoms with Crippen LogP contribution in [0.3, 0.4) is 0 Å². The fraction of sp³-hybridized carbons (Fsp3) is 0.214. The normalized spacial score (nSPS) is 12.8. The molecule has 1 N–H and O–H groups in total. The minimum Gasteiger partial charge on any atom is -0.483 e. The highest BCUT2D eigenvalue weighted by Gasteiger charge is 2.07. The molecule has 0 bridgehead atoms. The van der Waals surface area contributed by atoms with Gasteiger partial charge in [0.15, 0.2) is 6.61 Å². The van der Waals surface area contributed by atoms with Crippen LogP contribution in [0.15, 0.2) is 30.4 Å². The molecule has 0 saturated heterocycles. The van der Waals surface area contributed by atoms with Crippen molar-refractivity contribution in [3.63, 3.8) is 0 Å². The SMILES string of the molecule is CNC(=O)COc1cccc2c1C=CCC=C2. The van der Waals surface area contributed by atoms with Crippen LogP contribution in [0.1, 0.15) is 17.5 Å². The summed E-state index contributed by atoms with van der Waals surface area (Å²) in [5.74, 6) is 0.615. The van der Waals surface area contributed by atoms with Gasteiger partial charge in [0, 0.05) is 12.6 Å². The molecule has 1 aromatic rings. The molecule has 1 amide bonds. The Bertz CT molecular complexity index is 475. The summed E-state index contributed by atoms with van der Waals surface area (Å²) in [5.41, 5.74) is 2.15. The van der Waals surface area contributed by atoms with Crippen molar-refractivity contribution < 1.29 is 9.53 Å². The zero-order valence-corrected chi connectivity index (χ0v) is 9.77. The standard InChI is InChI=1S/C14H15NO2/c1-15-14(16)10-17-13-9-5-7-11-6-3-2-4-8-12(11)13/h3-9H,2,10H2,1H3,(H,15,16). The summed E-state index contributed by atoms with van der Waals surface area (Å²) in [4.78, 5) is 11.2. The van der Waals surface area contributed by atoms with E-state index in [2.05, 4.69) is 23.5 Å². The number of likely N-dealkylation sites (N-methyl/N-ethyl adjacent to an activating group) is 1. The third-order valence-electron chi connectivity index (χ3n) is 2.59. The molecule has 1 aliphatic carbocycles. The van der Waals surface area contributed by atoms with Gasteiger partial charge in [-0.1, -0.05) is 36.4 Å². The Balaban J connectivity index is 2.23. The van der Waals surface area contributed by atoms with Crippen molar-refractivity contribution in [2.45, 2.75) is 6.42 Å². The van der Waals surface area contributed by atoms with Gasteiger partial charge in [-0.05, 0) is 18.1 Å². The Morgan fingerprint density at radius 2 is 2.18 bits per heavy atom. The second-order valence-electron chi connectivity index (χ2n) is 3.76. The van der Waals surface area contributed by atoms with Crippen molar-refractivity contribution in [3.8, 4) is 5.75 Å². The highest BCUT2D eigenvalue weighted by molar-refractivity contribution is 5.78. The molecule has 17 heavy (non-hydrogen) atoms. The molecule has 1 aliphatic rings. The van der Waals surface area contributed by atoms with Crippen LogP contribution in [0.25, 0.3) is 12.2 Å². The third-order valence-corrected chi connectivity index (χ3v) is 2.59. The maximum Gasteiger partial charge on any atom is 0.257 e. The second kappa shape index (κ2) is 5.34. The average molecular weight is 229 g/mol. The summed E-state index contributed by atoms with van der Waals surface area (Å²) < 4.78 is 5.52. The number of rotatable bonds is 3. The Morgan fingerprint density at radius 3 is 3.00 bits per heavy atom. The number of benzene rings is 1. The van der Waals surface area contributed by atoms with Crippen molar-refractivity contribution in [1.82, 2.24) is 5.32 Å². The Morgan fingerprint density at radius 1 is 1.35 bits per heavy atom. The summed E-state index contributed by atoms with van der Waals surface area (Å²) in [6.45, 7) is 0.0461. The van der Waals surface area contributed by atoms with Gasteiger partial charge in [0.1, 0.15) is 5.75 Å². The molecule has 0 unspecified atom stereocenters. The predicted molar refractivity (Wildman–Crippen MR) is 68.7 cm³/mol. The average Bonchev–Trinajstić information content (AvgIpc) is 2.61. The van der Waals surface area contributed by atoms with Crippen LogP contribution < -0.4 is 10.1 Å². The van der Waals surface area contributed by atoms with E-state index < -0.39 is 0 Å². The number of hydrogen-bond acceptors (Lipinski definition) is 2. The number of ether oxygens (including phenoxy) is 1. The highest BCUT2D eigenvalue weighted by Crippen LogP contribution is 2.27. The largest absolute Gasteiger partial charge is 0.483 e. The van der Waals surface area contributed by atoms with Crippen LogP contribution >= 0.6 is 0 Å². The zero-order valence-electron chi connectivity index (χ0n) is 9.77. The van der Waals surface area contributed by atoms with Crippen LogP contribution in [0.5, 0.6) is 5.75 Å². The van der Waals surface area contributed by atoms with E-state index >= 15 is 0 Å². The molecule has 0 aliphatic heterocycles. The number of fused-ring (bicyclic) bond motifs is 1. The van der Waals surface area contributed by atoms with E-state index in [9.17, 15) is 4.79 Å². The molecular formula is C14H15NO2. The van der Waals surface area contributed by atoms with Crippen molar-refractivity contribution in [1.29, 1.82) is 0 Å². The molecule has 0 fully saturated rings. The molecule has 0 radical (unpaired) electrons. The molecule has 0 aromatic heterocycles. The van der Waals surface area contributed by atoms with E-state index in [0.29, 0.717) is 0 Å². The monoisotopic (exact) mass is 229 g/mol. The highest BCUT2D eigenvalue weighted by atomic mass is 16.5. The van der Waals surface area contributed by atoms with Crippen molar-refractivity contribution in [3.05, 3.63) is 41.5 Å². The lowest BCUT2D eigenvalue weighted by molar-refractivity contribution is -0.122.